The summed E-state index contributed by atoms with van der Waals surface area (Å²) in [5.74, 6) is 0.303. The van der Waals surface area contributed by atoms with Gasteiger partial charge in [-0.1, -0.05) is 0 Å². The largest absolute Gasteiger partial charge is 0.381 e. The molecule has 0 spiro atoms. The molecule has 2 aliphatic heterocycles. The van der Waals surface area contributed by atoms with Crippen molar-refractivity contribution in [3.63, 3.8) is 0 Å². The minimum atomic E-state index is -0.0244. The van der Waals surface area contributed by atoms with Gasteiger partial charge in [-0.15, -0.1) is 0 Å². The number of carbonyl (C=O) groups is 2. The average molecular weight is 380 g/mol. The summed E-state index contributed by atoms with van der Waals surface area (Å²) in [6, 6.07) is 2.15. The fraction of sp³-hybridized carbons (Fsp3) is 0.684. The summed E-state index contributed by atoms with van der Waals surface area (Å²) >= 11 is 1.64. The number of amides is 2. The van der Waals surface area contributed by atoms with E-state index >= 15 is 0 Å². The average Bonchev–Trinajstić information content (AvgIpc) is 3.10. The molecule has 0 aromatic carbocycles. The van der Waals surface area contributed by atoms with Crippen LogP contribution in [0.1, 0.15) is 31.2 Å². The fourth-order valence-electron chi connectivity index (χ4n) is 3.75. The van der Waals surface area contributed by atoms with E-state index in [1.54, 1.807) is 11.3 Å². The quantitative estimate of drug-likeness (QED) is 0.816. The van der Waals surface area contributed by atoms with E-state index in [1.807, 2.05) is 18.5 Å². The highest BCUT2D eigenvalue weighted by molar-refractivity contribution is 7.07. The highest BCUT2D eigenvalue weighted by atomic mass is 32.1. The van der Waals surface area contributed by atoms with E-state index in [1.165, 1.54) is 0 Å². The minimum absolute atomic E-state index is 0.0244. The van der Waals surface area contributed by atoms with Crippen LogP contribution < -0.4 is 10.6 Å². The maximum atomic E-state index is 12.5. The first-order chi connectivity index (χ1) is 12.6. The number of likely N-dealkylation sites (N-methyl/N-ethyl adjacent to an activating group) is 1. The third-order valence-corrected chi connectivity index (χ3v) is 6.02. The van der Waals surface area contributed by atoms with Gasteiger partial charge in [0.15, 0.2) is 0 Å². The highest BCUT2D eigenvalue weighted by Crippen LogP contribution is 2.19. The van der Waals surface area contributed by atoms with E-state index in [0.29, 0.717) is 19.8 Å². The van der Waals surface area contributed by atoms with Crippen molar-refractivity contribution in [2.45, 2.75) is 38.3 Å². The second-order valence-electron chi connectivity index (χ2n) is 7.44. The van der Waals surface area contributed by atoms with Gasteiger partial charge >= 0.3 is 0 Å². The van der Waals surface area contributed by atoms with Crippen LogP contribution in [0.4, 0.5) is 0 Å². The Morgan fingerprint density at radius 1 is 1.15 bits per heavy atom. The first-order valence-electron chi connectivity index (χ1n) is 9.47. The predicted octanol–water partition coefficient (Wildman–Crippen LogP) is 1.62. The topological polar surface area (TPSA) is 70.7 Å². The number of ether oxygens (including phenoxy) is 1. The second-order valence-corrected chi connectivity index (χ2v) is 8.22. The van der Waals surface area contributed by atoms with Crippen molar-refractivity contribution < 1.29 is 14.3 Å². The number of nitrogens with zero attached hydrogens (tertiary/aromatic N) is 1. The van der Waals surface area contributed by atoms with Gasteiger partial charge in [0.05, 0.1) is 5.92 Å². The molecule has 1 aromatic rings. The smallest absolute Gasteiger partial charge is 0.224 e. The molecular weight excluding hydrogens is 350 g/mol. The van der Waals surface area contributed by atoms with Crippen LogP contribution in [0.25, 0.3) is 0 Å². The van der Waals surface area contributed by atoms with Crippen molar-refractivity contribution in [2.24, 2.45) is 11.8 Å². The molecule has 0 unspecified atom stereocenters. The standard InChI is InChI=1S/C19H29N3O3S/c1-22-11-16(18(23)20-10-14-6-9-26-13-14)2-3-17(12-22)21-19(24)15-4-7-25-8-5-15/h6,9,13,15-17H,2-5,7-8,10-12H2,1H3,(H,20,23)(H,21,24)/t16-,17+/m1/s1. The lowest BCUT2D eigenvalue weighted by Gasteiger charge is -2.26. The molecule has 0 saturated carbocycles. The molecule has 2 atom stereocenters. The van der Waals surface area contributed by atoms with E-state index in [4.69, 9.17) is 4.74 Å². The van der Waals surface area contributed by atoms with E-state index in [0.717, 1.165) is 44.3 Å². The van der Waals surface area contributed by atoms with E-state index in [-0.39, 0.29) is 29.7 Å². The Kier molecular flexibility index (Phi) is 7.05. The van der Waals surface area contributed by atoms with Crippen LogP contribution in [0.3, 0.4) is 0 Å². The Balaban J connectivity index is 1.47. The Hall–Kier alpha value is -1.44. The molecule has 1 aromatic heterocycles. The Morgan fingerprint density at radius 3 is 2.69 bits per heavy atom. The molecule has 2 saturated heterocycles. The Bertz CT molecular complexity index is 587. The molecule has 2 amide bonds. The van der Waals surface area contributed by atoms with Crippen LogP contribution in [0.15, 0.2) is 16.8 Å². The molecule has 2 fully saturated rings. The molecule has 0 aliphatic carbocycles. The summed E-state index contributed by atoms with van der Waals surface area (Å²) < 4.78 is 5.34. The molecule has 0 bridgehead atoms. The van der Waals surface area contributed by atoms with Crippen molar-refractivity contribution >= 4 is 23.2 Å². The van der Waals surface area contributed by atoms with Crippen LogP contribution in [0.5, 0.6) is 0 Å². The third kappa shape index (κ3) is 5.53. The van der Waals surface area contributed by atoms with Crippen LogP contribution in [0, 0.1) is 11.8 Å². The lowest BCUT2D eigenvalue weighted by molar-refractivity contribution is -0.128. The lowest BCUT2D eigenvalue weighted by atomic mass is 9.97. The number of thiophene rings is 1. The van der Waals surface area contributed by atoms with Gasteiger partial charge in [-0.2, -0.15) is 11.3 Å². The van der Waals surface area contributed by atoms with Crippen LogP contribution in [-0.2, 0) is 20.9 Å². The molecule has 2 N–H and O–H groups in total. The summed E-state index contributed by atoms with van der Waals surface area (Å²) in [6.07, 6.45) is 3.26. The first kappa shape index (κ1) is 19.3. The molecule has 3 rings (SSSR count). The van der Waals surface area contributed by atoms with Gasteiger partial charge in [-0.05, 0) is 55.1 Å². The molecule has 26 heavy (non-hydrogen) atoms. The molecule has 6 nitrogen and oxygen atoms in total. The van der Waals surface area contributed by atoms with Crippen molar-refractivity contribution in [3.05, 3.63) is 22.4 Å². The minimum Gasteiger partial charge on any atom is -0.381 e. The lowest BCUT2D eigenvalue weighted by Crippen LogP contribution is -2.45. The van der Waals surface area contributed by atoms with E-state index in [2.05, 4.69) is 20.9 Å². The van der Waals surface area contributed by atoms with Crippen LogP contribution >= 0.6 is 11.3 Å². The van der Waals surface area contributed by atoms with Crippen molar-refractivity contribution in [1.29, 1.82) is 0 Å². The first-order valence-corrected chi connectivity index (χ1v) is 10.4. The molecule has 7 heteroatoms. The van der Waals surface area contributed by atoms with Gasteiger partial charge in [0.25, 0.3) is 0 Å². The molecule has 0 radical (unpaired) electrons. The number of rotatable bonds is 5. The van der Waals surface area contributed by atoms with Crippen LogP contribution in [-0.4, -0.2) is 56.1 Å². The summed E-state index contributed by atoms with van der Waals surface area (Å²) in [6.45, 7) is 3.47. The second kappa shape index (κ2) is 9.48. The maximum absolute atomic E-state index is 12.5. The highest BCUT2D eigenvalue weighted by Gasteiger charge is 2.29. The van der Waals surface area contributed by atoms with Gasteiger partial charge in [-0.25, -0.2) is 0 Å². The Labute approximate surface area is 159 Å². The van der Waals surface area contributed by atoms with Gasteiger partial charge in [0, 0.05) is 44.8 Å². The summed E-state index contributed by atoms with van der Waals surface area (Å²) in [5, 5.41) is 10.3. The predicted molar refractivity (Wildman–Crippen MR) is 102 cm³/mol. The Morgan fingerprint density at radius 2 is 1.96 bits per heavy atom. The van der Waals surface area contributed by atoms with Crippen molar-refractivity contribution in [3.8, 4) is 0 Å². The SMILES string of the molecule is CN1C[C@@H](NC(=O)C2CCOCC2)CC[C@@H](C(=O)NCc2ccsc2)C1. The third-order valence-electron chi connectivity index (χ3n) is 5.28. The van der Waals surface area contributed by atoms with E-state index < -0.39 is 0 Å². The van der Waals surface area contributed by atoms with Gasteiger partial charge in [0.2, 0.25) is 11.8 Å². The van der Waals surface area contributed by atoms with Crippen LogP contribution in [0.2, 0.25) is 0 Å². The summed E-state index contributed by atoms with van der Waals surface area (Å²) in [5.41, 5.74) is 1.15. The van der Waals surface area contributed by atoms with E-state index in [9.17, 15) is 9.59 Å². The molecule has 2 aliphatic rings. The molecule has 3 heterocycles. The number of hydrogen-bond donors (Lipinski definition) is 2. The summed E-state index contributed by atoms with van der Waals surface area (Å²) in [4.78, 5) is 27.2. The van der Waals surface area contributed by atoms with Crippen molar-refractivity contribution in [1.82, 2.24) is 15.5 Å². The number of nitrogens with one attached hydrogen (secondary N) is 2. The van der Waals surface area contributed by atoms with Gasteiger partial charge in [-0.3, -0.25) is 9.59 Å². The zero-order chi connectivity index (χ0) is 18.4. The summed E-state index contributed by atoms with van der Waals surface area (Å²) in [7, 11) is 2.03. The zero-order valence-electron chi connectivity index (χ0n) is 15.4. The monoisotopic (exact) mass is 379 g/mol. The number of likely N-dealkylation sites (tertiary alicyclic amines) is 1. The zero-order valence-corrected chi connectivity index (χ0v) is 16.2. The van der Waals surface area contributed by atoms with Gasteiger partial charge < -0.3 is 20.3 Å². The molecule has 144 valence electrons. The van der Waals surface area contributed by atoms with Crippen molar-refractivity contribution in [2.75, 3.05) is 33.4 Å². The number of hydrogen-bond acceptors (Lipinski definition) is 5. The molecular formula is C19H29N3O3S. The fourth-order valence-corrected chi connectivity index (χ4v) is 4.42. The normalized spacial score (nSPS) is 25.4. The van der Waals surface area contributed by atoms with Gasteiger partial charge in [0.1, 0.15) is 0 Å². The maximum Gasteiger partial charge on any atom is 0.224 e. The number of carbonyl (C=O) groups excluding carboxylic acids is 2.